The largest absolute Gasteiger partial charge is 0.488 e. The van der Waals surface area contributed by atoms with Gasteiger partial charge >= 0.3 is 23.9 Å². The highest BCUT2D eigenvalue weighted by molar-refractivity contribution is 5.74. The van der Waals surface area contributed by atoms with Crippen molar-refractivity contribution in [2.45, 2.75) is 171 Å². The summed E-state index contributed by atoms with van der Waals surface area (Å²) in [6.45, 7) is 24.8. The van der Waals surface area contributed by atoms with Crippen molar-refractivity contribution in [1.82, 2.24) is 0 Å². The van der Waals surface area contributed by atoms with E-state index in [0.29, 0.717) is 60.2 Å². The molecule has 0 aromatic heterocycles. The number of para-hydroxylation sites is 6. The van der Waals surface area contributed by atoms with E-state index in [1.54, 1.807) is 0 Å². The molecule has 0 unspecified atom stereocenters. The third-order valence-corrected chi connectivity index (χ3v) is 15.4. The number of aryl methyl sites for hydroxylation is 2. The van der Waals surface area contributed by atoms with Crippen LogP contribution in [0.5, 0.6) is 34.5 Å². The van der Waals surface area contributed by atoms with Crippen LogP contribution in [-0.2, 0) is 89.9 Å². The number of carbonyl (C=O) groups excluding carboxylic acids is 4. The number of hydrogen-bond acceptors (Lipinski definition) is 14. The molecule has 0 spiro atoms. The summed E-state index contributed by atoms with van der Waals surface area (Å²) in [6.07, 6.45) is 1.66. The van der Waals surface area contributed by atoms with Crippen LogP contribution in [0.15, 0.2) is 158 Å². The van der Waals surface area contributed by atoms with E-state index >= 15 is 0 Å². The van der Waals surface area contributed by atoms with Crippen molar-refractivity contribution in [1.29, 1.82) is 0 Å². The summed E-state index contributed by atoms with van der Waals surface area (Å²) in [5.74, 6) is 0.976. The first-order valence-corrected chi connectivity index (χ1v) is 32.9. The molecular weight excluding hydrogens is 1210 g/mol. The quantitative estimate of drug-likeness (QED) is 0.0589. The maximum Gasteiger partial charge on any atom is 0.344 e. The molecule has 1 aliphatic rings. The van der Waals surface area contributed by atoms with Gasteiger partial charge in [0.1, 0.15) is 70.1 Å². The number of benzene rings is 8. The predicted octanol–water partition coefficient (Wildman–Crippen LogP) is 16.2. The highest BCUT2D eigenvalue weighted by atomic mass is 16.6. The number of ether oxygens (including phenoxy) is 10. The fourth-order valence-corrected chi connectivity index (χ4v) is 11.5. The molecule has 0 amide bonds. The SMILES string of the molecule is Cc1ccc(COc2c3cccc2Cc2cccc(c2OCC(=O)OC(C)(C)C)Cc2cccc(c2OCC(=O)OC(C)(C)C)Cc2cccc(c2OCc2ccc(C)cc2)Cc2cccc(c2OCC(=O)OC(C)(C)C)Cc2cccc(c2OCC(=O)OC(C)(C)C)C3)cc1. The molecule has 8 aromatic carbocycles. The van der Waals surface area contributed by atoms with Crippen molar-refractivity contribution in [2.24, 2.45) is 0 Å². The first-order chi connectivity index (χ1) is 45.5. The van der Waals surface area contributed by atoms with Crippen LogP contribution in [0.1, 0.15) is 172 Å². The highest BCUT2D eigenvalue weighted by Gasteiger charge is 2.28. The predicted molar refractivity (Wildman–Crippen MR) is 372 cm³/mol. The van der Waals surface area contributed by atoms with Crippen molar-refractivity contribution in [3.8, 4) is 34.5 Å². The zero-order valence-electron chi connectivity index (χ0n) is 58.2. The van der Waals surface area contributed by atoms with Crippen LogP contribution in [0.4, 0.5) is 0 Å². The molecule has 9 rings (SSSR count). The van der Waals surface area contributed by atoms with Gasteiger partial charge in [0.15, 0.2) is 26.4 Å². The monoisotopic (exact) mass is 1300 g/mol. The molecule has 0 heterocycles. The van der Waals surface area contributed by atoms with Gasteiger partial charge in [-0.1, -0.05) is 169 Å². The van der Waals surface area contributed by atoms with Gasteiger partial charge in [-0.05, 0) is 175 Å². The molecule has 8 aromatic rings. The van der Waals surface area contributed by atoms with Gasteiger partial charge in [-0.2, -0.15) is 0 Å². The van der Waals surface area contributed by atoms with Gasteiger partial charge in [0.2, 0.25) is 0 Å². The first kappa shape index (κ1) is 70.7. The van der Waals surface area contributed by atoms with E-state index in [2.05, 4.69) is 48.5 Å². The number of fused-ring (bicyclic) bond motifs is 12. The number of rotatable bonds is 18. The van der Waals surface area contributed by atoms with Crippen LogP contribution in [0.3, 0.4) is 0 Å². The Hall–Kier alpha value is -9.56. The van der Waals surface area contributed by atoms with E-state index in [-0.39, 0.29) is 52.5 Å². The molecule has 14 nitrogen and oxygen atoms in total. The minimum atomic E-state index is -0.777. The van der Waals surface area contributed by atoms with E-state index in [4.69, 9.17) is 47.4 Å². The molecule has 0 fully saturated rings. The van der Waals surface area contributed by atoms with Crippen LogP contribution < -0.4 is 28.4 Å². The van der Waals surface area contributed by atoms with Gasteiger partial charge in [0.05, 0.1) is 0 Å². The second-order valence-corrected chi connectivity index (χ2v) is 28.5. The van der Waals surface area contributed by atoms with Gasteiger partial charge < -0.3 is 47.4 Å². The number of hydrogen-bond donors (Lipinski definition) is 0. The van der Waals surface area contributed by atoms with E-state index < -0.39 is 46.3 Å². The first-order valence-electron chi connectivity index (χ1n) is 32.9. The Bertz CT molecular complexity index is 3570. The Kier molecular flexibility index (Phi) is 22.8. The topological polar surface area (TPSA) is 161 Å². The summed E-state index contributed by atoms with van der Waals surface area (Å²) in [5.41, 5.74) is 10.4. The zero-order chi connectivity index (χ0) is 69.0. The molecule has 0 atom stereocenters. The van der Waals surface area contributed by atoms with Crippen molar-refractivity contribution in [3.05, 3.63) is 247 Å². The van der Waals surface area contributed by atoms with Gasteiger partial charge in [0, 0.05) is 38.5 Å². The molecule has 0 aliphatic heterocycles. The average molecular weight is 1300 g/mol. The van der Waals surface area contributed by atoms with Gasteiger partial charge in [0.25, 0.3) is 0 Å². The Morgan fingerprint density at radius 1 is 0.260 bits per heavy atom. The molecule has 504 valence electrons. The number of esters is 4. The second kappa shape index (κ2) is 30.9. The summed E-state index contributed by atoms with van der Waals surface area (Å²) in [7, 11) is 0. The molecule has 12 bridgehead atoms. The molecular formula is C82H92O14. The van der Waals surface area contributed by atoms with Crippen molar-refractivity contribution >= 4 is 23.9 Å². The Labute approximate surface area is 566 Å². The van der Waals surface area contributed by atoms with Crippen molar-refractivity contribution < 1.29 is 66.5 Å². The van der Waals surface area contributed by atoms with Crippen LogP contribution in [0, 0.1) is 13.8 Å². The molecule has 96 heavy (non-hydrogen) atoms. The molecule has 0 saturated carbocycles. The van der Waals surface area contributed by atoms with Crippen molar-refractivity contribution in [3.63, 3.8) is 0 Å². The molecule has 1 aliphatic carbocycles. The van der Waals surface area contributed by atoms with Crippen LogP contribution >= 0.6 is 0 Å². The van der Waals surface area contributed by atoms with Crippen LogP contribution in [-0.4, -0.2) is 72.7 Å². The maximum absolute atomic E-state index is 13.7. The normalized spacial score (nSPS) is 12.6. The van der Waals surface area contributed by atoms with Gasteiger partial charge in [-0.15, -0.1) is 0 Å². The lowest BCUT2D eigenvalue weighted by Gasteiger charge is -2.24. The number of carbonyl (C=O) groups is 4. The highest BCUT2D eigenvalue weighted by Crippen LogP contribution is 2.41. The Balaban J connectivity index is 1.29. The average Bonchev–Trinajstić information content (AvgIpc) is 0.805. The van der Waals surface area contributed by atoms with E-state index in [0.717, 1.165) is 89.0 Å². The summed E-state index contributed by atoms with van der Waals surface area (Å²) in [4.78, 5) is 54.9. The summed E-state index contributed by atoms with van der Waals surface area (Å²) >= 11 is 0. The lowest BCUT2D eigenvalue weighted by molar-refractivity contribution is -0.158. The standard InChI is InChI=1S/C82H92O14/c1-53-33-37-55(38-34-53)47-87-73-57-21-15-22-58(73)42-62-26-18-30-66(76(62)90-50-70(84)94-80(6,7)8)46-68-32-20-28-64(78(68)92-52-72(86)96-82(12,13)14)44-60-24-16-23-59(74(60)88-48-56-39-35-54(2)36-40-56)43-63-27-19-31-67(77(63)91-51-71(85)95-81(9,10)11)45-65-29-17-25-61(41-57)75(65)89-49-69(83)93-79(3,4)5/h15-40H,41-52H2,1-14H3. The summed E-state index contributed by atoms with van der Waals surface area (Å²) < 4.78 is 64.3. The fraction of sp³-hybridized carbons (Fsp3) is 0.366. The smallest absolute Gasteiger partial charge is 0.344 e. The van der Waals surface area contributed by atoms with Crippen LogP contribution in [0.25, 0.3) is 0 Å². The lowest BCUT2D eigenvalue weighted by Crippen LogP contribution is -2.27. The van der Waals surface area contributed by atoms with Crippen LogP contribution in [0.2, 0.25) is 0 Å². The Morgan fingerprint density at radius 2 is 0.427 bits per heavy atom. The molecule has 0 radical (unpaired) electrons. The zero-order valence-corrected chi connectivity index (χ0v) is 58.2. The minimum absolute atomic E-state index is 0.239. The third-order valence-electron chi connectivity index (χ3n) is 15.4. The summed E-state index contributed by atoms with van der Waals surface area (Å²) in [5, 5.41) is 0. The van der Waals surface area contributed by atoms with E-state index in [9.17, 15) is 19.2 Å². The maximum atomic E-state index is 13.7. The molecule has 0 N–H and O–H groups in total. The van der Waals surface area contributed by atoms with E-state index in [1.165, 1.54) is 0 Å². The van der Waals surface area contributed by atoms with Gasteiger partial charge in [-0.3, -0.25) is 0 Å². The van der Waals surface area contributed by atoms with Crippen molar-refractivity contribution in [2.75, 3.05) is 26.4 Å². The minimum Gasteiger partial charge on any atom is -0.488 e. The fourth-order valence-electron chi connectivity index (χ4n) is 11.5. The molecule has 14 heteroatoms. The van der Waals surface area contributed by atoms with E-state index in [1.807, 2.05) is 206 Å². The third kappa shape index (κ3) is 20.7. The Morgan fingerprint density at radius 3 is 0.594 bits per heavy atom. The second-order valence-electron chi connectivity index (χ2n) is 28.5. The summed E-state index contributed by atoms with van der Waals surface area (Å²) in [6, 6.07) is 52.3. The lowest BCUT2D eigenvalue weighted by atomic mass is 9.91. The van der Waals surface area contributed by atoms with Gasteiger partial charge in [-0.25, -0.2) is 19.2 Å². The molecule has 0 saturated heterocycles.